The quantitative estimate of drug-likeness (QED) is 0.721. The van der Waals surface area contributed by atoms with E-state index in [1.54, 1.807) is 25.1 Å². The number of carbonyl (C=O) groups excluding carboxylic acids is 1. The number of halogens is 1. The molecular weight excluding hydrogens is 207 g/mol. The second kappa shape index (κ2) is 3.93. The van der Waals surface area contributed by atoms with Crippen LogP contribution in [-0.4, -0.2) is 5.78 Å². The third-order valence-electron chi connectivity index (χ3n) is 2.41. The van der Waals surface area contributed by atoms with Crippen LogP contribution in [-0.2, 0) is 0 Å². The van der Waals surface area contributed by atoms with Crippen molar-refractivity contribution in [1.82, 2.24) is 0 Å². The summed E-state index contributed by atoms with van der Waals surface area (Å²) in [7, 11) is 0. The number of hydrogen-bond donors (Lipinski definition) is 0. The zero-order valence-corrected chi connectivity index (χ0v) is 9.08. The molecule has 0 bridgehead atoms. The van der Waals surface area contributed by atoms with E-state index in [0.29, 0.717) is 11.5 Å². The van der Waals surface area contributed by atoms with Gasteiger partial charge in [0.05, 0.1) is 0 Å². The van der Waals surface area contributed by atoms with Crippen LogP contribution < -0.4 is 0 Å². The molecule has 1 aromatic heterocycles. The molecule has 2 nitrogen and oxygen atoms in total. The van der Waals surface area contributed by atoms with Gasteiger partial charge in [0.25, 0.3) is 0 Å². The second-order valence-electron chi connectivity index (χ2n) is 3.68. The SMILES string of the molecule is CC(=O)c1ccc(-c2ccc(F)cc2C)o1. The summed E-state index contributed by atoms with van der Waals surface area (Å²) in [5.41, 5.74) is 1.58. The third kappa shape index (κ3) is 1.89. The fourth-order valence-corrected chi connectivity index (χ4v) is 1.58. The Morgan fingerprint density at radius 3 is 2.56 bits per heavy atom. The third-order valence-corrected chi connectivity index (χ3v) is 2.41. The van der Waals surface area contributed by atoms with E-state index in [0.717, 1.165) is 11.1 Å². The molecule has 3 heteroatoms. The van der Waals surface area contributed by atoms with Gasteiger partial charge < -0.3 is 4.42 Å². The number of furan rings is 1. The van der Waals surface area contributed by atoms with Gasteiger partial charge in [-0.3, -0.25) is 4.79 Å². The number of hydrogen-bond acceptors (Lipinski definition) is 2. The Morgan fingerprint density at radius 1 is 1.25 bits per heavy atom. The van der Waals surface area contributed by atoms with Crippen LogP contribution in [0.3, 0.4) is 0 Å². The van der Waals surface area contributed by atoms with E-state index in [4.69, 9.17) is 4.42 Å². The largest absolute Gasteiger partial charge is 0.453 e. The lowest BCUT2D eigenvalue weighted by Crippen LogP contribution is -1.87. The van der Waals surface area contributed by atoms with Crippen molar-refractivity contribution in [2.24, 2.45) is 0 Å². The topological polar surface area (TPSA) is 30.2 Å². The van der Waals surface area contributed by atoms with Crippen molar-refractivity contribution in [3.63, 3.8) is 0 Å². The monoisotopic (exact) mass is 218 g/mol. The van der Waals surface area contributed by atoms with Crippen LogP contribution in [0.1, 0.15) is 23.0 Å². The predicted molar refractivity (Wildman–Crippen MR) is 58.8 cm³/mol. The van der Waals surface area contributed by atoms with Crippen molar-refractivity contribution >= 4 is 5.78 Å². The molecule has 16 heavy (non-hydrogen) atoms. The summed E-state index contributed by atoms with van der Waals surface area (Å²) in [5, 5.41) is 0. The van der Waals surface area contributed by atoms with Gasteiger partial charge in [-0.15, -0.1) is 0 Å². The Hall–Kier alpha value is -1.90. The van der Waals surface area contributed by atoms with E-state index in [1.165, 1.54) is 19.1 Å². The fourth-order valence-electron chi connectivity index (χ4n) is 1.58. The normalized spacial score (nSPS) is 10.4. The van der Waals surface area contributed by atoms with Crippen LogP contribution >= 0.6 is 0 Å². The number of rotatable bonds is 2. The molecule has 2 aromatic rings. The zero-order valence-electron chi connectivity index (χ0n) is 9.08. The maximum absolute atomic E-state index is 12.9. The van der Waals surface area contributed by atoms with Gasteiger partial charge in [0, 0.05) is 12.5 Å². The van der Waals surface area contributed by atoms with E-state index in [-0.39, 0.29) is 11.6 Å². The standard InChI is InChI=1S/C13H11FO2/c1-8-7-10(14)3-4-11(8)13-6-5-12(16-13)9(2)15/h3-7H,1-2H3. The summed E-state index contributed by atoms with van der Waals surface area (Å²) in [6, 6.07) is 7.80. The first-order valence-electron chi connectivity index (χ1n) is 4.95. The molecule has 0 unspecified atom stereocenters. The molecule has 0 N–H and O–H groups in total. The Bertz CT molecular complexity index is 541. The van der Waals surface area contributed by atoms with Gasteiger partial charge in [-0.2, -0.15) is 0 Å². The van der Waals surface area contributed by atoms with Crippen LogP contribution in [0.5, 0.6) is 0 Å². The average Bonchev–Trinajstić information content (AvgIpc) is 2.66. The highest BCUT2D eigenvalue weighted by molar-refractivity contribution is 5.91. The Morgan fingerprint density at radius 2 is 2.00 bits per heavy atom. The molecule has 2 rings (SSSR count). The number of Topliss-reactive ketones (excluding diaryl/α,β-unsaturated/α-hetero) is 1. The summed E-state index contributed by atoms with van der Waals surface area (Å²) in [6.45, 7) is 3.24. The molecule has 1 aromatic carbocycles. The Kier molecular flexibility index (Phi) is 2.60. The minimum atomic E-state index is -0.278. The number of ketones is 1. The molecule has 82 valence electrons. The van der Waals surface area contributed by atoms with Crippen LogP contribution in [0.2, 0.25) is 0 Å². The lowest BCUT2D eigenvalue weighted by atomic mass is 10.1. The maximum atomic E-state index is 12.9. The van der Waals surface area contributed by atoms with Crippen molar-refractivity contribution < 1.29 is 13.6 Å². The zero-order chi connectivity index (χ0) is 11.7. The Balaban J connectivity index is 2.46. The molecule has 0 aliphatic carbocycles. The highest BCUT2D eigenvalue weighted by atomic mass is 19.1. The maximum Gasteiger partial charge on any atom is 0.194 e. The summed E-state index contributed by atoms with van der Waals surface area (Å²) < 4.78 is 18.3. The van der Waals surface area contributed by atoms with Gasteiger partial charge in [0.15, 0.2) is 11.5 Å². The Labute approximate surface area is 92.7 Å². The van der Waals surface area contributed by atoms with Crippen LogP contribution in [0, 0.1) is 12.7 Å². The molecule has 0 aliphatic heterocycles. The first kappa shape index (κ1) is 10.6. The second-order valence-corrected chi connectivity index (χ2v) is 3.68. The van der Waals surface area contributed by atoms with Gasteiger partial charge in [-0.05, 0) is 42.8 Å². The predicted octanol–water partition coefficient (Wildman–Crippen LogP) is 3.60. The fraction of sp³-hybridized carbons (Fsp3) is 0.154. The van der Waals surface area contributed by atoms with E-state index in [9.17, 15) is 9.18 Å². The molecule has 0 amide bonds. The average molecular weight is 218 g/mol. The highest BCUT2D eigenvalue weighted by Crippen LogP contribution is 2.26. The lowest BCUT2D eigenvalue weighted by molar-refractivity contribution is 0.0988. The molecule has 0 atom stereocenters. The van der Waals surface area contributed by atoms with Crippen LogP contribution in [0.4, 0.5) is 4.39 Å². The molecule has 0 fully saturated rings. The van der Waals surface area contributed by atoms with Gasteiger partial charge in [0.1, 0.15) is 11.6 Å². The first-order valence-corrected chi connectivity index (χ1v) is 4.95. The molecule has 1 heterocycles. The van der Waals surface area contributed by atoms with Crippen molar-refractivity contribution in [3.8, 4) is 11.3 Å². The number of benzene rings is 1. The van der Waals surface area contributed by atoms with Gasteiger partial charge in [-0.1, -0.05) is 0 Å². The molecule has 0 radical (unpaired) electrons. The minimum Gasteiger partial charge on any atom is -0.453 e. The van der Waals surface area contributed by atoms with E-state index in [1.807, 2.05) is 0 Å². The van der Waals surface area contributed by atoms with Crippen molar-refractivity contribution in [3.05, 3.63) is 47.5 Å². The van der Waals surface area contributed by atoms with Crippen molar-refractivity contribution in [1.29, 1.82) is 0 Å². The van der Waals surface area contributed by atoms with Crippen LogP contribution in [0.25, 0.3) is 11.3 Å². The molecule has 0 saturated heterocycles. The molecule has 0 spiro atoms. The lowest BCUT2D eigenvalue weighted by Gasteiger charge is -2.01. The van der Waals surface area contributed by atoms with E-state index >= 15 is 0 Å². The molecule has 0 saturated carbocycles. The summed E-state index contributed by atoms with van der Waals surface area (Å²) in [6.07, 6.45) is 0. The summed E-state index contributed by atoms with van der Waals surface area (Å²) in [5.74, 6) is 0.507. The minimum absolute atomic E-state index is 0.119. The smallest absolute Gasteiger partial charge is 0.194 e. The van der Waals surface area contributed by atoms with Crippen molar-refractivity contribution in [2.45, 2.75) is 13.8 Å². The van der Waals surface area contributed by atoms with E-state index in [2.05, 4.69) is 0 Å². The van der Waals surface area contributed by atoms with Gasteiger partial charge in [0.2, 0.25) is 0 Å². The van der Waals surface area contributed by atoms with Gasteiger partial charge >= 0.3 is 0 Å². The van der Waals surface area contributed by atoms with E-state index < -0.39 is 0 Å². The van der Waals surface area contributed by atoms with Crippen molar-refractivity contribution in [2.75, 3.05) is 0 Å². The first-order chi connectivity index (χ1) is 7.58. The highest BCUT2D eigenvalue weighted by Gasteiger charge is 2.10. The molecule has 0 aliphatic rings. The number of carbonyl (C=O) groups is 1. The summed E-state index contributed by atoms with van der Waals surface area (Å²) >= 11 is 0. The number of aryl methyl sites for hydroxylation is 1. The van der Waals surface area contributed by atoms with Gasteiger partial charge in [-0.25, -0.2) is 4.39 Å². The summed E-state index contributed by atoms with van der Waals surface area (Å²) in [4.78, 5) is 11.1. The molecular formula is C13H11FO2. The van der Waals surface area contributed by atoms with Crippen LogP contribution in [0.15, 0.2) is 34.7 Å².